The summed E-state index contributed by atoms with van der Waals surface area (Å²) in [4.78, 5) is 46.1. The number of aliphatic hydroxyl groups excluding tert-OH is 4. The minimum atomic E-state index is -2.34. The van der Waals surface area contributed by atoms with Crippen LogP contribution in [0.25, 0.3) is 0 Å². The highest BCUT2D eigenvalue weighted by Gasteiger charge is 2.60. The highest BCUT2D eigenvalue weighted by molar-refractivity contribution is 5.68. The van der Waals surface area contributed by atoms with Crippen LogP contribution in [0.5, 0.6) is 0 Å². The summed E-state index contributed by atoms with van der Waals surface area (Å²) in [5.74, 6) is -5.58. The molecule has 0 bridgehead atoms. The van der Waals surface area contributed by atoms with Gasteiger partial charge in [-0.15, -0.1) is 0 Å². The lowest BCUT2D eigenvalue weighted by atomic mass is 9.98. The quantitative estimate of drug-likeness (QED) is 0.178. The third kappa shape index (κ3) is 7.07. The van der Waals surface area contributed by atoms with Crippen LogP contribution in [-0.2, 0) is 52.3 Å². The van der Waals surface area contributed by atoms with Gasteiger partial charge in [-0.25, -0.2) is 0 Å². The zero-order chi connectivity index (χ0) is 26.5. The molecule has 2 aliphatic rings. The Morgan fingerprint density at radius 2 is 1.37 bits per heavy atom. The molecule has 2 saturated heterocycles. The van der Waals surface area contributed by atoms with Crippen LogP contribution in [0.3, 0.4) is 0 Å². The first-order valence-corrected chi connectivity index (χ1v) is 10.6. The first-order valence-electron chi connectivity index (χ1n) is 10.6. The van der Waals surface area contributed by atoms with E-state index in [9.17, 15) is 39.6 Å². The fraction of sp³-hybridized carbons (Fsp3) is 0.800. The molecule has 4 N–H and O–H groups in total. The molecule has 0 aromatic heterocycles. The Hall–Kier alpha value is -2.40. The second kappa shape index (κ2) is 12.0. The highest BCUT2D eigenvalue weighted by atomic mass is 16.8. The Kier molecular flexibility index (Phi) is 9.91. The predicted molar refractivity (Wildman–Crippen MR) is 107 cm³/mol. The van der Waals surface area contributed by atoms with E-state index >= 15 is 0 Å². The molecular weight excluding hydrogens is 480 g/mol. The number of rotatable bonds is 9. The molecule has 0 spiro atoms. The molecule has 0 amide bonds. The van der Waals surface area contributed by atoms with Crippen LogP contribution in [-0.4, -0.2) is 119 Å². The Balaban J connectivity index is 2.42. The molecule has 0 aliphatic carbocycles. The van der Waals surface area contributed by atoms with E-state index in [1.165, 1.54) is 0 Å². The van der Waals surface area contributed by atoms with E-state index in [0.29, 0.717) is 0 Å². The zero-order valence-electron chi connectivity index (χ0n) is 19.5. The minimum Gasteiger partial charge on any atom is -0.463 e. The van der Waals surface area contributed by atoms with Crippen molar-refractivity contribution in [3.8, 4) is 0 Å². The van der Waals surface area contributed by atoms with Crippen molar-refractivity contribution in [1.29, 1.82) is 0 Å². The second-order valence-corrected chi connectivity index (χ2v) is 7.97. The van der Waals surface area contributed by atoms with Gasteiger partial charge in [0.05, 0.1) is 6.61 Å². The summed E-state index contributed by atoms with van der Waals surface area (Å²) in [5.41, 5.74) is 0. The van der Waals surface area contributed by atoms with Gasteiger partial charge in [-0.1, -0.05) is 0 Å². The predicted octanol–water partition coefficient (Wildman–Crippen LogP) is -3.11. The summed E-state index contributed by atoms with van der Waals surface area (Å²) in [5, 5.41) is 41.2. The van der Waals surface area contributed by atoms with E-state index in [0.717, 1.165) is 27.7 Å². The van der Waals surface area contributed by atoms with E-state index in [2.05, 4.69) is 0 Å². The van der Waals surface area contributed by atoms with Gasteiger partial charge in [0, 0.05) is 27.7 Å². The number of carbonyl (C=O) groups is 4. The lowest BCUT2D eigenvalue weighted by Crippen LogP contribution is -2.64. The van der Waals surface area contributed by atoms with Gasteiger partial charge >= 0.3 is 23.9 Å². The van der Waals surface area contributed by atoms with Gasteiger partial charge in [0.2, 0.25) is 5.79 Å². The first-order chi connectivity index (χ1) is 16.3. The Morgan fingerprint density at radius 1 is 0.800 bits per heavy atom. The lowest BCUT2D eigenvalue weighted by Gasteiger charge is -2.45. The molecule has 0 aromatic rings. The normalized spacial score (nSPS) is 36.8. The van der Waals surface area contributed by atoms with Crippen molar-refractivity contribution in [3.63, 3.8) is 0 Å². The smallest absolute Gasteiger partial charge is 0.303 e. The SMILES string of the molecule is CC(=O)OC[C@H]1O[C@H](O[C@]2(COC(C)=O)O[C@H](CO)[C@@H](O)[C@@H]2O)[C@H](O)[C@@H](OC(C)=O)[C@@H]1OC(C)=O. The Bertz CT molecular complexity index is 786. The fourth-order valence-corrected chi connectivity index (χ4v) is 3.64. The van der Waals surface area contributed by atoms with Gasteiger partial charge in [-0.3, -0.25) is 19.2 Å². The van der Waals surface area contributed by atoms with E-state index in [4.69, 9.17) is 33.2 Å². The second-order valence-electron chi connectivity index (χ2n) is 7.97. The van der Waals surface area contributed by atoms with Crippen molar-refractivity contribution in [2.24, 2.45) is 0 Å². The standard InChI is InChI=1S/C20H30O15/c1-8(22)29-6-13-16(31-10(3)24)17(32-11(4)25)15(27)19(33-13)35-20(7-30-9(2)23)18(28)14(26)12(5-21)34-20/h12-19,21,26-28H,5-7H2,1-4H3/t12-,13-,14-,15-,16-,17-,18+,19-,20+/m1/s1. The van der Waals surface area contributed by atoms with Crippen molar-refractivity contribution in [1.82, 2.24) is 0 Å². The Labute approximate surface area is 199 Å². The summed E-state index contributed by atoms with van der Waals surface area (Å²) >= 11 is 0. The molecule has 15 heteroatoms. The number of hydrogen-bond donors (Lipinski definition) is 4. The summed E-state index contributed by atoms with van der Waals surface area (Å²) in [6.45, 7) is 2.15. The van der Waals surface area contributed by atoms with Crippen LogP contribution in [0.2, 0.25) is 0 Å². The molecule has 35 heavy (non-hydrogen) atoms. The average Bonchev–Trinajstić information content (AvgIpc) is 3.00. The molecule has 200 valence electrons. The van der Waals surface area contributed by atoms with Crippen molar-refractivity contribution in [2.75, 3.05) is 19.8 Å². The molecule has 9 atom stereocenters. The average molecular weight is 510 g/mol. The van der Waals surface area contributed by atoms with Crippen molar-refractivity contribution >= 4 is 23.9 Å². The largest absolute Gasteiger partial charge is 0.463 e. The van der Waals surface area contributed by atoms with Gasteiger partial charge in [-0.2, -0.15) is 0 Å². The summed E-state index contributed by atoms with van der Waals surface area (Å²) in [7, 11) is 0. The first kappa shape index (κ1) is 28.8. The van der Waals surface area contributed by atoms with Gasteiger partial charge < -0.3 is 53.6 Å². The van der Waals surface area contributed by atoms with E-state index in [-0.39, 0.29) is 0 Å². The van der Waals surface area contributed by atoms with Crippen LogP contribution in [0, 0.1) is 0 Å². The van der Waals surface area contributed by atoms with Crippen LogP contribution < -0.4 is 0 Å². The van der Waals surface area contributed by atoms with Crippen LogP contribution in [0.4, 0.5) is 0 Å². The number of aliphatic hydroxyl groups is 4. The maximum atomic E-state index is 11.7. The number of hydrogen-bond acceptors (Lipinski definition) is 15. The van der Waals surface area contributed by atoms with Gasteiger partial charge in [0.15, 0.2) is 18.5 Å². The molecule has 2 aliphatic heterocycles. The van der Waals surface area contributed by atoms with Crippen LogP contribution >= 0.6 is 0 Å². The molecule has 0 aromatic carbocycles. The third-order valence-electron chi connectivity index (χ3n) is 5.15. The zero-order valence-corrected chi connectivity index (χ0v) is 19.5. The molecule has 2 fully saturated rings. The van der Waals surface area contributed by atoms with Gasteiger partial charge in [-0.05, 0) is 0 Å². The topological polar surface area (TPSA) is 214 Å². The van der Waals surface area contributed by atoms with E-state index in [1.54, 1.807) is 0 Å². The third-order valence-corrected chi connectivity index (χ3v) is 5.15. The van der Waals surface area contributed by atoms with Crippen molar-refractivity contribution in [3.05, 3.63) is 0 Å². The van der Waals surface area contributed by atoms with Gasteiger partial charge in [0.1, 0.15) is 43.7 Å². The number of ether oxygens (including phenoxy) is 7. The lowest BCUT2D eigenvalue weighted by molar-refractivity contribution is -0.384. The monoisotopic (exact) mass is 510 g/mol. The molecular formula is C20H30O15. The summed E-state index contributed by atoms with van der Waals surface area (Å²) < 4.78 is 36.8. The van der Waals surface area contributed by atoms with Crippen molar-refractivity contribution in [2.45, 2.75) is 82.5 Å². The van der Waals surface area contributed by atoms with Crippen LogP contribution in [0.1, 0.15) is 27.7 Å². The molecule has 0 unspecified atom stereocenters. The van der Waals surface area contributed by atoms with Gasteiger partial charge in [0.25, 0.3) is 0 Å². The van der Waals surface area contributed by atoms with E-state index < -0.39 is 98.5 Å². The molecule has 2 heterocycles. The summed E-state index contributed by atoms with van der Waals surface area (Å²) in [6.07, 6.45) is -13.1. The highest BCUT2D eigenvalue weighted by Crippen LogP contribution is 2.37. The molecule has 0 radical (unpaired) electrons. The maximum absolute atomic E-state index is 11.7. The van der Waals surface area contributed by atoms with E-state index in [1.807, 2.05) is 0 Å². The van der Waals surface area contributed by atoms with Crippen molar-refractivity contribution < 1.29 is 72.8 Å². The molecule has 15 nitrogen and oxygen atoms in total. The number of esters is 4. The molecule has 2 rings (SSSR count). The number of carbonyl (C=O) groups excluding carboxylic acids is 4. The minimum absolute atomic E-state index is 0.528. The maximum Gasteiger partial charge on any atom is 0.303 e. The Morgan fingerprint density at radius 3 is 1.86 bits per heavy atom. The summed E-state index contributed by atoms with van der Waals surface area (Å²) in [6, 6.07) is 0. The molecule has 0 saturated carbocycles. The van der Waals surface area contributed by atoms with Crippen LogP contribution in [0.15, 0.2) is 0 Å². The fourth-order valence-electron chi connectivity index (χ4n) is 3.64.